The lowest BCUT2D eigenvalue weighted by atomic mass is 10.2. The van der Waals surface area contributed by atoms with E-state index in [2.05, 4.69) is 5.32 Å². The maximum absolute atomic E-state index is 11.5. The van der Waals surface area contributed by atoms with Crippen LogP contribution < -0.4 is 5.32 Å². The SMILES string of the molecule is CN1C(CNC(=O)OC(C)(C)C)CCC1C(=O)O. The van der Waals surface area contributed by atoms with Crippen LogP contribution in [0.5, 0.6) is 0 Å². The molecule has 6 heteroatoms. The molecule has 0 aromatic carbocycles. The van der Waals surface area contributed by atoms with E-state index in [0.29, 0.717) is 13.0 Å². The van der Waals surface area contributed by atoms with E-state index in [1.165, 1.54) is 0 Å². The number of amides is 1. The number of ether oxygens (including phenoxy) is 1. The zero-order chi connectivity index (χ0) is 13.9. The first kappa shape index (κ1) is 14.8. The van der Waals surface area contributed by atoms with E-state index < -0.39 is 23.7 Å². The number of alkyl carbamates (subject to hydrolysis) is 1. The largest absolute Gasteiger partial charge is 0.480 e. The fourth-order valence-corrected chi connectivity index (χ4v) is 2.07. The monoisotopic (exact) mass is 258 g/mol. The van der Waals surface area contributed by atoms with Crippen molar-refractivity contribution in [3.05, 3.63) is 0 Å². The van der Waals surface area contributed by atoms with Crippen molar-refractivity contribution < 1.29 is 19.4 Å². The average molecular weight is 258 g/mol. The number of rotatable bonds is 3. The molecular weight excluding hydrogens is 236 g/mol. The van der Waals surface area contributed by atoms with E-state index in [1.807, 2.05) is 0 Å². The molecule has 1 amide bonds. The van der Waals surface area contributed by atoms with Crippen molar-refractivity contribution in [1.82, 2.24) is 10.2 Å². The van der Waals surface area contributed by atoms with Gasteiger partial charge in [0, 0.05) is 12.6 Å². The van der Waals surface area contributed by atoms with Gasteiger partial charge in [0.25, 0.3) is 0 Å². The highest BCUT2D eigenvalue weighted by atomic mass is 16.6. The number of aliphatic carboxylic acids is 1. The van der Waals surface area contributed by atoms with E-state index in [-0.39, 0.29) is 6.04 Å². The summed E-state index contributed by atoms with van der Waals surface area (Å²) in [6.07, 6.45) is 0.921. The predicted molar refractivity (Wildman–Crippen MR) is 66.4 cm³/mol. The Morgan fingerprint density at radius 1 is 1.39 bits per heavy atom. The van der Waals surface area contributed by atoms with Gasteiger partial charge >= 0.3 is 12.1 Å². The van der Waals surface area contributed by atoms with E-state index in [1.54, 1.807) is 32.7 Å². The number of carboxylic acids is 1. The number of nitrogens with one attached hydrogen (secondary N) is 1. The molecule has 0 aromatic heterocycles. The average Bonchev–Trinajstić information content (AvgIpc) is 2.54. The lowest BCUT2D eigenvalue weighted by Crippen LogP contribution is -2.44. The zero-order valence-corrected chi connectivity index (χ0v) is 11.4. The Morgan fingerprint density at radius 2 is 2.00 bits per heavy atom. The highest BCUT2D eigenvalue weighted by Gasteiger charge is 2.35. The van der Waals surface area contributed by atoms with E-state index in [0.717, 1.165) is 6.42 Å². The van der Waals surface area contributed by atoms with Crippen LogP contribution in [0.15, 0.2) is 0 Å². The van der Waals surface area contributed by atoms with Crippen molar-refractivity contribution in [2.24, 2.45) is 0 Å². The number of carbonyl (C=O) groups is 2. The summed E-state index contributed by atoms with van der Waals surface area (Å²) < 4.78 is 5.12. The van der Waals surface area contributed by atoms with Crippen molar-refractivity contribution in [2.45, 2.75) is 51.3 Å². The zero-order valence-electron chi connectivity index (χ0n) is 11.4. The highest BCUT2D eigenvalue weighted by Crippen LogP contribution is 2.21. The molecule has 1 aliphatic rings. The second-order valence-electron chi connectivity index (χ2n) is 5.63. The van der Waals surface area contributed by atoms with Gasteiger partial charge in [-0.05, 0) is 40.7 Å². The van der Waals surface area contributed by atoms with Gasteiger partial charge in [-0.25, -0.2) is 4.79 Å². The van der Waals surface area contributed by atoms with Crippen LogP contribution in [0.1, 0.15) is 33.6 Å². The highest BCUT2D eigenvalue weighted by molar-refractivity contribution is 5.74. The van der Waals surface area contributed by atoms with Gasteiger partial charge in [0.15, 0.2) is 0 Å². The van der Waals surface area contributed by atoms with Gasteiger partial charge in [-0.3, -0.25) is 9.69 Å². The van der Waals surface area contributed by atoms with Crippen molar-refractivity contribution in [3.8, 4) is 0 Å². The maximum Gasteiger partial charge on any atom is 0.407 e. The van der Waals surface area contributed by atoms with Crippen molar-refractivity contribution >= 4 is 12.1 Å². The van der Waals surface area contributed by atoms with Gasteiger partial charge in [0.1, 0.15) is 11.6 Å². The van der Waals surface area contributed by atoms with E-state index >= 15 is 0 Å². The summed E-state index contributed by atoms with van der Waals surface area (Å²) in [5, 5.41) is 11.7. The molecule has 1 rings (SSSR count). The summed E-state index contributed by atoms with van der Waals surface area (Å²) in [6, 6.07) is -0.394. The maximum atomic E-state index is 11.5. The van der Waals surface area contributed by atoms with Gasteiger partial charge < -0.3 is 15.2 Å². The van der Waals surface area contributed by atoms with Crippen LogP contribution in [0.4, 0.5) is 4.79 Å². The van der Waals surface area contributed by atoms with Gasteiger partial charge in [0.05, 0.1) is 0 Å². The number of hydrogen-bond donors (Lipinski definition) is 2. The van der Waals surface area contributed by atoms with Crippen LogP contribution in [0.2, 0.25) is 0 Å². The third-order valence-electron chi connectivity index (χ3n) is 3.01. The Hall–Kier alpha value is -1.30. The molecule has 2 N–H and O–H groups in total. The minimum absolute atomic E-state index is 0.0543. The van der Waals surface area contributed by atoms with Crippen molar-refractivity contribution in [2.75, 3.05) is 13.6 Å². The molecule has 2 atom stereocenters. The fraction of sp³-hybridized carbons (Fsp3) is 0.833. The third-order valence-corrected chi connectivity index (χ3v) is 3.01. The Bertz CT molecular complexity index is 325. The summed E-state index contributed by atoms with van der Waals surface area (Å²) in [6.45, 7) is 5.81. The number of likely N-dealkylation sites (tertiary alicyclic amines) is 1. The Labute approximate surface area is 107 Å². The Kier molecular flexibility index (Phi) is 4.56. The molecule has 0 radical (unpaired) electrons. The molecule has 1 saturated heterocycles. The molecule has 0 saturated carbocycles. The molecule has 0 bridgehead atoms. The van der Waals surface area contributed by atoms with Crippen molar-refractivity contribution in [1.29, 1.82) is 0 Å². The first-order chi connectivity index (χ1) is 8.20. The summed E-state index contributed by atoms with van der Waals surface area (Å²) in [5.41, 5.74) is -0.519. The summed E-state index contributed by atoms with van der Waals surface area (Å²) >= 11 is 0. The number of carbonyl (C=O) groups excluding carboxylic acids is 1. The predicted octanol–water partition coefficient (Wildman–Crippen LogP) is 1.06. The van der Waals surface area contributed by atoms with Crippen LogP contribution >= 0.6 is 0 Å². The van der Waals surface area contributed by atoms with Crippen LogP contribution in [-0.2, 0) is 9.53 Å². The first-order valence-corrected chi connectivity index (χ1v) is 6.12. The molecular formula is C12H22N2O4. The minimum Gasteiger partial charge on any atom is -0.480 e. The standard InChI is InChI=1S/C12H22N2O4/c1-12(2,3)18-11(17)13-7-8-5-6-9(10(15)16)14(8)4/h8-9H,5-7H2,1-4H3,(H,13,17)(H,15,16). The molecule has 0 spiro atoms. The van der Waals surface area contributed by atoms with Crippen LogP contribution in [0.3, 0.4) is 0 Å². The smallest absolute Gasteiger partial charge is 0.407 e. The third kappa shape index (κ3) is 4.18. The Morgan fingerprint density at radius 3 is 2.44 bits per heavy atom. The summed E-state index contributed by atoms with van der Waals surface area (Å²) in [4.78, 5) is 24.2. The molecule has 6 nitrogen and oxygen atoms in total. The van der Waals surface area contributed by atoms with Crippen LogP contribution in [0, 0.1) is 0 Å². The normalized spacial score (nSPS) is 24.9. The number of hydrogen-bond acceptors (Lipinski definition) is 4. The quantitative estimate of drug-likeness (QED) is 0.791. The molecule has 104 valence electrons. The molecule has 1 fully saturated rings. The van der Waals surface area contributed by atoms with Gasteiger partial charge in [-0.15, -0.1) is 0 Å². The van der Waals surface area contributed by atoms with Crippen LogP contribution in [-0.4, -0.2) is 53.3 Å². The Balaban J connectivity index is 2.37. The molecule has 0 aliphatic carbocycles. The molecule has 0 aromatic rings. The number of nitrogens with zero attached hydrogens (tertiary/aromatic N) is 1. The lowest BCUT2D eigenvalue weighted by molar-refractivity contribution is -0.142. The van der Waals surface area contributed by atoms with Gasteiger partial charge in [0.2, 0.25) is 0 Å². The van der Waals surface area contributed by atoms with Crippen LogP contribution in [0.25, 0.3) is 0 Å². The van der Waals surface area contributed by atoms with Gasteiger partial charge in [-0.1, -0.05) is 0 Å². The second-order valence-corrected chi connectivity index (χ2v) is 5.63. The molecule has 18 heavy (non-hydrogen) atoms. The first-order valence-electron chi connectivity index (χ1n) is 6.12. The van der Waals surface area contributed by atoms with Gasteiger partial charge in [-0.2, -0.15) is 0 Å². The van der Waals surface area contributed by atoms with E-state index in [4.69, 9.17) is 9.84 Å². The minimum atomic E-state index is -0.808. The molecule has 1 heterocycles. The van der Waals surface area contributed by atoms with E-state index in [9.17, 15) is 9.59 Å². The number of carboxylic acid groups (broad SMARTS) is 1. The summed E-state index contributed by atoms with van der Waals surface area (Å²) in [5.74, 6) is -0.808. The molecule has 2 unspecified atom stereocenters. The number of likely N-dealkylation sites (N-methyl/N-ethyl adjacent to an activating group) is 1. The molecule has 1 aliphatic heterocycles. The lowest BCUT2D eigenvalue weighted by Gasteiger charge is -2.24. The van der Waals surface area contributed by atoms with Crippen molar-refractivity contribution in [3.63, 3.8) is 0 Å². The topological polar surface area (TPSA) is 78.9 Å². The summed E-state index contributed by atoms with van der Waals surface area (Å²) in [7, 11) is 1.77. The fourth-order valence-electron chi connectivity index (χ4n) is 2.07. The second kappa shape index (κ2) is 5.56.